The Morgan fingerprint density at radius 2 is 1.14 bits per heavy atom. The monoisotopic (exact) mass is 694 g/mol. The zero-order valence-electron chi connectivity index (χ0n) is 28.1. The van der Waals surface area contributed by atoms with Gasteiger partial charge in [0.05, 0.1) is 11.0 Å². The number of carbonyl (C=O) groups is 2. The maximum atomic E-state index is 14.1. The molecule has 2 amide bonds. The lowest BCUT2D eigenvalue weighted by Crippen LogP contribution is -2.35. The maximum absolute atomic E-state index is 14.1. The number of amides is 2. The van der Waals surface area contributed by atoms with Crippen LogP contribution in [0.25, 0.3) is 44.1 Å². The van der Waals surface area contributed by atoms with Crippen molar-refractivity contribution >= 4 is 56.8 Å². The van der Waals surface area contributed by atoms with Gasteiger partial charge >= 0.3 is 0 Å². The van der Waals surface area contributed by atoms with Crippen molar-refractivity contribution in [1.82, 2.24) is 19.8 Å². The molecule has 0 fully saturated rings. The number of carbonyl (C=O) groups excluding carboxylic acids is 2. The summed E-state index contributed by atoms with van der Waals surface area (Å²) in [5, 5.41) is 9.08. The molecular formula is C40H37Cl2FN4O2. The fourth-order valence-corrected chi connectivity index (χ4v) is 7.68. The van der Waals surface area contributed by atoms with E-state index in [9.17, 15) is 14.0 Å². The van der Waals surface area contributed by atoms with E-state index < -0.39 is 0 Å². The summed E-state index contributed by atoms with van der Waals surface area (Å²) in [6.07, 6.45) is 0. The summed E-state index contributed by atoms with van der Waals surface area (Å²) < 4.78 is 18.2. The Morgan fingerprint density at radius 1 is 0.673 bits per heavy atom. The zero-order chi connectivity index (χ0) is 34.7. The number of halogens is 3. The SMILES string of the molecule is Cc1c2n(c3c(-c4ccc(C(C)C)cc4)cc(Cl)cc13)CCNC2=O.Cc1ccc(-c2cc(Cl)cc3c(C)c4n(c23)CCNC4=O)cc1F. The number of hydrogen-bond acceptors (Lipinski definition) is 2. The van der Waals surface area contributed by atoms with Crippen molar-refractivity contribution in [2.24, 2.45) is 0 Å². The maximum Gasteiger partial charge on any atom is 0.268 e. The lowest BCUT2D eigenvalue weighted by atomic mass is 9.97. The van der Waals surface area contributed by atoms with Gasteiger partial charge in [0, 0.05) is 58.1 Å². The van der Waals surface area contributed by atoms with Crippen LogP contribution in [0.15, 0.2) is 66.7 Å². The summed E-state index contributed by atoms with van der Waals surface area (Å²) in [7, 11) is 0. The Kier molecular flexibility index (Phi) is 8.54. The summed E-state index contributed by atoms with van der Waals surface area (Å²) in [6, 6.07) is 21.5. The van der Waals surface area contributed by atoms with Gasteiger partial charge in [0.1, 0.15) is 17.2 Å². The average Bonchev–Trinajstić information content (AvgIpc) is 3.53. The van der Waals surface area contributed by atoms with Crippen LogP contribution in [0.4, 0.5) is 4.39 Å². The minimum Gasteiger partial charge on any atom is -0.349 e. The first-order valence-electron chi connectivity index (χ1n) is 16.5. The van der Waals surface area contributed by atoms with Crippen LogP contribution >= 0.6 is 23.2 Å². The third-order valence-corrected chi connectivity index (χ3v) is 10.2. The van der Waals surface area contributed by atoms with Crippen LogP contribution in [-0.2, 0) is 13.1 Å². The topological polar surface area (TPSA) is 68.1 Å². The zero-order valence-corrected chi connectivity index (χ0v) is 29.6. The van der Waals surface area contributed by atoms with E-state index in [-0.39, 0.29) is 17.6 Å². The van der Waals surface area contributed by atoms with E-state index in [1.54, 1.807) is 13.0 Å². The molecule has 0 bridgehead atoms. The quantitative estimate of drug-likeness (QED) is 0.194. The highest BCUT2D eigenvalue weighted by Crippen LogP contribution is 2.39. The van der Waals surface area contributed by atoms with Crippen molar-refractivity contribution < 1.29 is 14.0 Å². The van der Waals surface area contributed by atoms with E-state index in [1.807, 2.05) is 48.7 Å². The molecule has 2 N–H and O–H groups in total. The van der Waals surface area contributed by atoms with Crippen molar-refractivity contribution in [2.45, 2.75) is 53.6 Å². The molecule has 0 radical (unpaired) electrons. The number of nitrogens with one attached hydrogen (secondary N) is 2. The standard InChI is InChI=1S/C21H21ClN2O.C19H16ClFN2O/c1-12(2)14-4-6-15(7-5-14)18-11-16(22)10-17-13(3)19-21(25)23-8-9-24(19)20(17)18;1-10-3-4-12(7-16(10)21)15-9-13(20)8-14-11(2)17-19(24)22-5-6-23(17)18(14)15/h4-7,10-12H,8-9H2,1-3H3,(H,23,25);3-4,7-9H,5-6H2,1-2H3,(H,22,24). The van der Waals surface area contributed by atoms with Gasteiger partial charge in [-0.2, -0.15) is 0 Å². The lowest BCUT2D eigenvalue weighted by Gasteiger charge is -2.18. The molecule has 4 heterocycles. The average molecular weight is 696 g/mol. The largest absolute Gasteiger partial charge is 0.349 e. The summed E-state index contributed by atoms with van der Waals surface area (Å²) in [4.78, 5) is 24.6. The molecule has 9 heteroatoms. The number of aryl methyl sites for hydroxylation is 3. The van der Waals surface area contributed by atoms with Crippen molar-refractivity contribution in [3.05, 3.63) is 116 Å². The third-order valence-electron chi connectivity index (χ3n) is 9.79. The Morgan fingerprint density at radius 3 is 1.61 bits per heavy atom. The van der Waals surface area contributed by atoms with Crippen LogP contribution in [0.5, 0.6) is 0 Å². The van der Waals surface area contributed by atoms with Crippen molar-refractivity contribution in [1.29, 1.82) is 0 Å². The Bertz CT molecular complexity index is 2320. The number of rotatable bonds is 3. The molecule has 0 aliphatic carbocycles. The molecule has 0 unspecified atom stereocenters. The van der Waals surface area contributed by atoms with Gasteiger partial charge in [-0.3, -0.25) is 9.59 Å². The minimum atomic E-state index is -0.250. The Labute approximate surface area is 294 Å². The van der Waals surface area contributed by atoms with Crippen LogP contribution in [0, 0.1) is 26.6 Å². The second kappa shape index (κ2) is 12.7. The number of hydrogen-bond donors (Lipinski definition) is 2. The molecule has 2 aromatic heterocycles. The summed E-state index contributed by atoms with van der Waals surface area (Å²) in [5.74, 6) is 0.172. The van der Waals surface area contributed by atoms with E-state index in [1.165, 1.54) is 11.6 Å². The second-order valence-electron chi connectivity index (χ2n) is 13.2. The highest BCUT2D eigenvalue weighted by atomic mass is 35.5. The van der Waals surface area contributed by atoms with Crippen LogP contribution in [0.3, 0.4) is 0 Å². The molecule has 6 aromatic rings. The second-order valence-corrected chi connectivity index (χ2v) is 14.1. The fourth-order valence-electron chi connectivity index (χ4n) is 7.25. The molecule has 6 nitrogen and oxygen atoms in total. The molecule has 8 rings (SSSR count). The van der Waals surface area contributed by atoms with E-state index in [0.29, 0.717) is 46.9 Å². The predicted octanol–water partition coefficient (Wildman–Crippen LogP) is 9.60. The van der Waals surface area contributed by atoms with Crippen molar-refractivity contribution in [2.75, 3.05) is 13.1 Å². The first kappa shape index (κ1) is 32.9. The van der Waals surface area contributed by atoms with E-state index in [2.05, 4.69) is 53.3 Å². The summed E-state index contributed by atoms with van der Waals surface area (Å²) in [5.41, 5.74) is 11.1. The molecular weight excluding hydrogens is 658 g/mol. The van der Waals surface area contributed by atoms with Gasteiger partial charge in [-0.1, -0.05) is 73.4 Å². The summed E-state index contributed by atoms with van der Waals surface area (Å²) >= 11 is 12.7. The van der Waals surface area contributed by atoms with E-state index in [0.717, 1.165) is 67.4 Å². The molecule has 2 aliphatic rings. The Hall–Kier alpha value is -4.59. The van der Waals surface area contributed by atoms with Gasteiger partial charge in [0.25, 0.3) is 11.8 Å². The van der Waals surface area contributed by atoms with E-state index in [4.69, 9.17) is 23.2 Å². The normalized spacial score (nSPS) is 14.0. The summed E-state index contributed by atoms with van der Waals surface area (Å²) in [6.45, 7) is 12.8. The number of benzene rings is 4. The van der Waals surface area contributed by atoms with Crippen LogP contribution in [-0.4, -0.2) is 34.0 Å². The van der Waals surface area contributed by atoms with Gasteiger partial charge in [0.15, 0.2) is 0 Å². The molecule has 0 saturated carbocycles. The smallest absolute Gasteiger partial charge is 0.268 e. The Balaban J connectivity index is 0.000000154. The molecule has 49 heavy (non-hydrogen) atoms. The predicted molar refractivity (Wildman–Crippen MR) is 198 cm³/mol. The number of nitrogens with zero attached hydrogens (tertiary/aromatic N) is 2. The highest BCUT2D eigenvalue weighted by molar-refractivity contribution is 6.32. The van der Waals surface area contributed by atoms with E-state index >= 15 is 0 Å². The van der Waals surface area contributed by atoms with Gasteiger partial charge < -0.3 is 19.8 Å². The van der Waals surface area contributed by atoms with Gasteiger partial charge in [-0.05, 0) is 90.4 Å². The van der Waals surface area contributed by atoms with Gasteiger partial charge in [-0.15, -0.1) is 0 Å². The first-order chi connectivity index (χ1) is 23.4. The molecule has 0 atom stereocenters. The number of aromatic nitrogens is 2. The molecule has 250 valence electrons. The van der Waals surface area contributed by atoms with Crippen molar-refractivity contribution in [3.63, 3.8) is 0 Å². The van der Waals surface area contributed by atoms with Gasteiger partial charge in [-0.25, -0.2) is 4.39 Å². The van der Waals surface area contributed by atoms with Crippen molar-refractivity contribution in [3.8, 4) is 22.3 Å². The number of fused-ring (bicyclic) bond motifs is 6. The lowest BCUT2D eigenvalue weighted by molar-refractivity contribution is 0.0920. The van der Waals surface area contributed by atoms with Crippen LogP contribution in [0.2, 0.25) is 10.0 Å². The third kappa shape index (κ3) is 5.69. The highest BCUT2D eigenvalue weighted by Gasteiger charge is 2.27. The fraction of sp³-hybridized carbons (Fsp3) is 0.250. The van der Waals surface area contributed by atoms with Gasteiger partial charge in [0.2, 0.25) is 0 Å². The van der Waals surface area contributed by atoms with Crippen LogP contribution in [0.1, 0.15) is 63.0 Å². The first-order valence-corrected chi connectivity index (χ1v) is 17.3. The van der Waals surface area contributed by atoms with Crippen LogP contribution < -0.4 is 10.6 Å². The minimum absolute atomic E-state index is 0.00261. The molecule has 4 aromatic carbocycles. The molecule has 0 spiro atoms. The molecule has 0 saturated heterocycles. The molecule has 2 aliphatic heterocycles.